The summed E-state index contributed by atoms with van der Waals surface area (Å²) in [6.45, 7) is 0.393. The smallest absolute Gasteiger partial charge is 0.322 e. The minimum atomic E-state index is -1.12. The van der Waals surface area contributed by atoms with Crippen LogP contribution in [-0.4, -0.2) is 22.8 Å². The van der Waals surface area contributed by atoms with E-state index < -0.39 is 11.3 Å². The Kier molecular flexibility index (Phi) is 3.13. The van der Waals surface area contributed by atoms with E-state index in [1.807, 2.05) is 0 Å². The first-order chi connectivity index (χ1) is 10.5. The number of nitroso groups, excluding NO2 is 1. The fraction of sp³-hybridized carbons (Fsp3) is 0.143. The van der Waals surface area contributed by atoms with Crippen LogP contribution in [-0.2, 0) is 6.54 Å². The number of amides is 1. The van der Waals surface area contributed by atoms with Crippen molar-refractivity contribution in [3.05, 3.63) is 50.7 Å². The molecule has 0 atom stereocenters. The highest BCUT2D eigenvalue weighted by atomic mass is 16.5. The lowest BCUT2D eigenvalue weighted by Crippen LogP contribution is -2.27. The van der Waals surface area contributed by atoms with E-state index in [-0.39, 0.29) is 11.3 Å². The van der Waals surface area contributed by atoms with Crippen LogP contribution in [0.15, 0.2) is 34.4 Å². The molecule has 22 heavy (non-hydrogen) atoms. The van der Waals surface area contributed by atoms with Crippen molar-refractivity contribution in [3.8, 4) is 22.8 Å². The van der Waals surface area contributed by atoms with E-state index in [1.54, 1.807) is 6.07 Å². The van der Waals surface area contributed by atoms with E-state index in [2.05, 4.69) is 10.6 Å². The van der Waals surface area contributed by atoms with Gasteiger partial charge in [-0.25, -0.2) is 0 Å². The van der Waals surface area contributed by atoms with Crippen LogP contribution in [0, 0.1) is 4.91 Å². The summed E-state index contributed by atoms with van der Waals surface area (Å²) in [5, 5.41) is 12.2. The number of hydrogen-bond donors (Lipinski definition) is 2. The first-order valence-electron chi connectivity index (χ1n) is 6.33. The molecule has 0 saturated heterocycles. The number of carbonyl (C=O) groups is 1. The number of nitrogens with one attached hydrogen (secondary N) is 1. The molecule has 0 saturated carbocycles. The molecule has 1 amide bonds. The number of phenols is 1. The van der Waals surface area contributed by atoms with Gasteiger partial charge in [-0.2, -0.15) is 0 Å². The zero-order chi connectivity index (χ0) is 15.9. The Labute approximate surface area is 123 Å². The van der Waals surface area contributed by atoms with Crippen molar-refractivity contribution in [2.45, 2.75) is 6.54 Å². The quantitative estimate of drug-likeness (QED) is 0.806. The monoisotopic (exact) mass is 301 g/mol. The third kappa shape index (κ3) is 2.01. The minimum absolute atomic E-state index is 0.0585. The van der Waals surface area contributed by atoms with Gasteiger partial charge in [-0.1, -0.05) is 0 Å². The summed E-state index contributed by atoms with van der Waals surface area (Å²) in [6.07, 6.45) is 1.23. The molecule has 0 radical (unpaired) electrons. The normalized spacial score (nSPS) is 11.9. The summed E-state index contributed by atoms with van der Waals surface area (Å²) in [6, 6.07) is 4.37. The van der Waals surface area contributed by atoms with Gasteiger partial charge in [0, 0.05) is 23.0 Å². The highest BCUT2D eigenvalue weighted by Crippen LogP contribution is 2.36. The molecular formula is C14H11N3O5. The number of phenolic OH excluding ortho intramolecular Hbond substituents is 1. The molecule has 1 aliphatic heterocycles. The van der Waals surface area contributed by atoms with E-state index >= 15 is 0 Å². The van der Waals surface area contributed by atoms with Gasteiger partial charge < -0.3 is 15.3 Å². The van der Waals surface area contributed by atoms with Crippen molar-refractivity contribution in [1.82, 2.24) is 4.68 Å². The van der Waals surface area contributed by atoms with E-state index in [4.69, 9.17) is 4.74 Å². The first-order valence-corrected chi connectivity index (χ1v) is 6.33. The van der Waals surface area contributed by atoms with Crippen molar-refractivity contribution >= 4 is 5.91 Å². The fourth-order valence-corrected chi connectivity index (χ4v) is 2.41. The molecule has 2 N–H and O–H groups in total. The third-order valence-corrected chi connectivity index (χ3v) is 3.48. The van der Waals surface area contributed by atoms with Crippen LogP contribution < -0.4 is 15.6 Å². The summed E-state index contributed by atoms with van der Waals surface area (Å²) in [7, 11) is 1.44. The standard InChI is InChI=1S/C14H11N3O5/c1-22-13-2-7-5-15-17-6-9(14(20)16-21)11(18)4-10(17)8(7)3-12(13)19/h2-4,6,15,19H,5H2,1H3. The lowest BCUT2D eigenvalue weighted by Gasteiger charge is -2.24. The number of methoxy groups -OCH3 is 1. The number of fused-ring (bicyclic) bond motifs is 3. The van der Waals surface area contributed by atoms with Crippen LogP contribution in [0.5, 0.6) is 11.5 Å². The minimum Gasteiger partial charge on any atom is -0.504 e. The number of aromatic hydroxyl groups is 1. The zero-order valence-corrected chi connectivity index (χ0v) is 11.5. The van der Waals surface area contributed by atoms with Gasteiger partial charge in [-0.3, -0.25) is 14.3 Å². The van der Waals surface area contributed by atoms with Crippen molar-refractivity contribution < 1.29 is 14.6 Å². The van der Waals surface area contributed by atoms with Crippen LogP contribution >= 0.6 is 0 Å². The molecular weight excluding hydrogens is 290 g/mol. The predicted octanol–water partition coefficient (Wildman–Crippen LogP) is 1.19. The molecule has 1 aliphatic rings. The second kappa shape index (κ2) is 4.99. The van der Waals surface area contributed by atoms with E-state index in [9.17, 15) is 19.6 Å². The topological polar surface area (TPSA) is 110 Å². The lowest BCUT2D eigenvalue weighted by atomic mass is 10.0. The SMILES string of the molecule is COc1cc2c(cc1O)-c1cc(=O)c(C(=O)N=O)cn1NC2. The maximum absolute atomic E-state index is 12.0. The van der Waals surface area contributed by atoms with E-state index in [0.717, 1.165) is 5.56 Å². The number of pyridine rings is 1. The Morgan fingerprint density at radius 3 is 2.86 bits per heavy atom. The van der Waals surface area contributed by atoms with Crippen LogP contribution in [0.1, 0.15) is 15.9 Å². The van der Waals surface area contributed by atoms with Crippen molar-refractivity contribution in [2.75, 3.05) is 12.5 Å². The molecule has 0 unspecified atom stereocenters. The second-order valence-corrected chi connectivity index (χ2v) is 4.72. The Bertz CT molecular complexity index is 856. The summed E-state index contributed by atoms with van der Waals surface area (Å²) < 4.78 is 6.50. The largest absolute Gasteiger partial charge is 0.504 e. The average Bonchev–Trinajstić information content (AvgIpc) is 2.53. The molecule has 8 nitrogen and oxygen atoms in total. The van der Waals surface area contributed by atoms with Crippen LogP contribution in [0.4, 0.5) is 0 Å². The number of nitrogens with zero attached hydrogens (tertiary/aromatic N) is 2. The Hall–Kier alpha value is -3.16. The summed E-state index contributed by atoms with van der Waals surface area (Å²) in [4.78, 5) is 33.6. The predicted molar refractivity (Wildman–Crippen MR) is 77.5 cm³/mol. The number of carbonyl (C=O) groups excluding carboxylic acids is 1. The molecule has 112 valence electrons. The number of ether oxygens (including phenoxy) is 1. The highest BCUT2D eigenvalue weighted by molar-refractivity contribution is 5.94. The van der Waals surface area contributed by atoms with E-state index in [1.165, 1.54) is 30.1 Å². The van der Waals surface area contributed by atoms with Crippen molar-refractivity contribution in [1.29, 1.82) is 0 Å². The highest BCUT2D eigenvalue weighted by Gasteiger charge is 2.21. The van der Waals surface area contributed by atoms with Gasteiger partial charge in [0.05, 0.1) is 19.3 Å². The first kappa shape index (κ1) is 13.8. The van der Waals surface area contributed by atoms with Gasteiger partial charge in [0.15, 0.2) is 16.9 Å². The van der Waals surface area contributed by atoms with Gasteiger partial charge in [0.1, 0.15) is 5.56 Å². The Morgan fingerprint density at radius 1 is 1.41 bits per heavy atom. The summed E-state index contributed by atoms with van der Waals surface area (Å²) >= 11 is 0. The zero-order valence-electron chi connectivity index (χ0n) is 11.5. The van der Waals surface area contributed by atoms with Crippen LogP contribution in [0.25, 0.3) is 11.3 Å². The van der Waals surface area contributed by atoms with Crippen LogP contribution in [0.2, 0.25) is 0 Å². The van der Waals surface area contributed by atoms with Gasteiger partial charge in [0.2, 0.25) is 0 Å². The van der Waals surface area contributed by atoms with Crippen molar-refractivity contribution in [3.63, 3.8) is 0 Å². The molecule has 2 heterocycles. The maximum atomic E-state index is 12.0. The summed E-state index contributed by atoms with van der Waals surface area (Å²) in [5.41, 5.74) is 3.98. The van der Waals surface area contributed by atoms with Gasteiger partial charge in [0.25, 0.3) is 0 Å². The number of hydrogen-bond acceptors (Lipinski definition) is 6. The van der Waals surface area contributed by atoms with E-state index in [0.29, 0.717) is 23.6 Å². The molecule has 2 aromatic rings. The Morgan fingerprint density at radius 2 is 2.18 bits per heavy atom. The molecule has 0 spiro atoms. The van der Waals surface area contributed by atoms with Gasteiger partial charge >= 0.3 is 5.91 Å². The number of benzene rings is 1. The van der Waals surface area contributed by atoms with Crippen molar-refractivity contribution in [2.24, 2.45) is 5.18 Å². The molecule has 0 aliphatic carbocycles. The number of aromatic nitrogens is 1. The van der Waals surface area contributed by atoms with Gasteiger partial charge in [-0.05, 0) is 17.7 Å². The van der Waals surface area contributed by atoms with Crippen LogP contribution in [0.3, 0.4) is 0 Å². The third-order valence-electron chi connectivity index (χ3n) is 3.48. The molecule has 8 heteroatoms. The molecule has 0 bridgehead atoms. The lowest BCUT2D eigenvalue weighted by molar-refractivity contribution is 0.0999. The molecule has 0 fully saturated rings. The van der Waals surface area contributed by atoms with Gasteiger partial charge in [-0.15, -0.1) is 4.91 Å². The number of rotatable bonds is 2. The average molecular weight is 301 g/mol. The molecule has 3 rings (SSSR count). The fourth-order valence-electron chi connectivity index (χ4n) is 2.41. The maximum Gasteiger partial charge on any atom is 0.322 e. The second-order valence-electron chi connectivity index (χ2n) is 4.72. The summed E-state index contributed by atoms with van der Waals surface area (Å²) in [5.74, 6) is -0.851. The molecule has 1 aromatic carbocycles. The Balaban J connectivity index is 2.21. The molecule has 1 aromatic heterocycles.